The lowest BCUT2D eigenvalue weighted by Crippen LogP contribution is -2.39. The van der Waals surface area contributed by atoms with E-state index in [-0.39, 0.29) is 24.4 Å². The third-order valence-electron chi connectivity index (χ3n) is 2.62. The molecule has 0 unspecified atom stereocenters. The summed E-state index contributed by atoms with van der Waals surface area (Å²) in [4.78, 5) is 23.3. The molecular formula is C13H13BrN2O3. The third kappa shape index (κ3) is 3.35. The fourth-order valence-corrected chi connectivity index (χ4v) is 2.01. The first-order valence-corrected chi connectivity index (χ1v) is 6.52. The molecule has 1 aromatic heterocycles. The molecular weight excluding hydrogens is 312 g/mol. The van der Waals surface area contributed by atoms with Crippen molar-refractivity contribution >= 4 is 15.9 Å². The van der Waals surface area contributed by atoms with Crippen molar-refractivity contribution in [2.75, 3.05) is 6.61 Å². The Morgan fingerprint density at radius 3 is 2.79 bits per heavy atom. The highest BCUT2D eigenvalue weighted by molar-refractivity contribution is 9.10. The number of nitrogens with zero attached hydrogens (tertiary/aromatic N) is 2. The van der Waals surface area contributed by atoms with Crippen LogP contribution < -0.4 is 16.0 Å². The van der Waals surface area contributed by atoms with Gasteiger partial charge in [-0.05, 0) is 18.2 Å². The van der Waals surface area contributed by atoms with Gasteiger partial charge in [0.25, 0.3) is 5.56 Å². The average Bonchev–Trinajstić information content (AvgIpc) is 2.38. The summed E-state index contributed by atoms with van der Waals surface area (Å²) in [7, 11) is 1.60. The summed E-state index contributed by atoms with van der Waals surface area (Å²) in [6.45, 7) is 0.481. The maximum absolute atomic E-state index is 11.7. The average molecular weight is 325 g/mol. The highest BCUT2D eigenvalue weighted by Gasteiger charge is 2.03. The second-order valence-corrected chi connectivity index (χ2v) is 4.92. The number of halogens is 1. The van der Waals surface area contributed by atoms with Gasteiger partial charge in [0, 0.05) is 23.8 Å². The van der Waals surface area contributed by atoms with Gasteiger partial charge in [-0.25, -0.2) is 4.79 Å². The lowest BCUT2D eigenvalue weighted by atomic mass is 10.3. The number of benzene rings is 1. The molecule has 0 amide bonds. The Bertz CT molecular complexity index is 691. The van der Waals surface area contributed by atoms with Crippen LogP contribution in [0.4, 0.5) is 0 Å². The minimum absolute atomic E-state index is 0.221. The van der Waals surface area contributed by atoms with E-state index in [1.54, 1.807) is 7.05 Å². The molecule has 1 heterocycles. The quantitative estimate of drug-likeness (QED) is 0.854. The van der Waals surface area contributed by atoms with Crippen LogP contribution in [0.15, 0.2) is 50.6 Å². The number of aryl methyl sites for hydroxylation is 1. The molecule has 100 valence electrons. The number of hydrogen-bond acceptors (Lipinski definition) is 3. The second-order valence-electron chi connectivity index (χ2n) is 4.00. The topological polar surface area (TPSA) is 53.2 Å². The standard InChI is InChI=1S/C13H13BrN2O3/c1-15-6-5-12(17)16(13(15)18)7-8-19-11-4-2-3-10(14)9-11/h2-6,9H,7-8H2,1H3. The highest BCUT2D eigenvalue weighted by atomic mass is 79.9. The molecule has 1 aromatic carbocycles. The molecule has 2 rings (SSSR count). The molecule has 6 heteroatoms. The van der Waals surface area contributed by atoms with Gasteiger partial charge in [-0.2, -0.15) is 0 Å². The van der Waals surface area contributed by atoms with E-state index in [0.717, 1.165) is 9.04 Å². The minimum Gasteiger partial charge on any atom is -0.492 e. The molecule has 0 atom stereocenters. The van der Waals surface area contributed by atoms with E-state index in [1.807, 2.05) is 24.3 Å². The summed E-state index contributed by atoms with van der Waals surface area (Å²) in [6, 6.07) is 8.75. The normalized spacial score (nSPS) is 10.4. The molecule has 0 aliphatic heterocycles. The van der Waals surface area contributed by atoms with E-state index in [9.17, 15) is 9.59 Å². The molecule has 0 saturated heterocycles. The first-order chi connectivity index (χ1) is 9.08. The number of aromatic nitrogens is 2. The molecule has 19 heavy (non-hydrogen) atoms. The molecule has 0 spiro atoms. The van der Waals surface area contributed by atoms with E-state index in [4.69, 9.17) is 4.74 Å². The molecule has 5 nitrogen and oxygen atoms in total. The fourth-order valence-electron chi connectivity index (χ4n) is 1.63. The Kier molecular flexibility index (Phi) is 4.21. The van der Waals surface area contributed by atoms with Crippen molar-refractivity contribution in [3.8, 4) is 5.75 Å². The third-order valence-corrected chi connectivity index (χ3v) is 3.11. The molecule has 0 fully saturated rings. The largest absolute Gasteiger partial charge is 0.492 e. The Labute approximate surface area is 118 Å². The number of rotatable bonds is 4. The Morgan fingerprint density at radius 2 is 2.05 bits per heavy atom. The monoisotopic (exact) mass is 324 g/mol. The van der Waals surface area contributed by atoms with Gasteiger partial charge in [-0.15, -0.1) is 0 Å². The van der Waals surface area contributed by atoms with Crippen LogP contribution in [0.2, 0.25) is 0 Å². The van der Waals surface area contributed by atoms with E-state index in [2.05, 4.69) is 15.9 Å². The van der Waals surface area contributed by atoms with Crippen molar-refractivity contribution in [1.29, 1.82) is 0 Å². The van der Waals surface area contributed by atoms with Crippen LogP contribution in [0.5, 0.6) is 5.75 Å². The van der Waals surface area contributed by atoms with Crippen molar-refractivity contribution in [3.05, 3.63) is 61.8 Å². The molecule has 0 saturated carbocycles. The van der Waals surface area contributed by atoms with Crippen molar-refractivity contribution in [2.45, 2.75) is 6.54 Å². The van der Waals surface area contributed by atoms with E-state index < -0.39 is 0 Å². The lowest BCUT2D eigenvalue weighted by molar-refractivity contribution is 0.292. The van der Waals surface area contributed by atoms with Crippen molar-refractivity contribution in [3.63, 3.8) is 0 Å². The first-order valence-electron chi connectivity index (χ1n) is 5.73. The van der Waals surface area contributed by atoms with Gasteiger partial charge < -0.3 is 9.30 Å². The maximum atomic E-state index is 11.7. The summed E-state index contributed by atoms with van der Waals surface area (Å²) in [5.41, 5.74) is -0.661. The lowest BCUT2D eigenvalue weighted by Gasteiger charge is -2.08. The van der Waals surface area contributed by atoms with Gasteiger partial charge in [-0.1, -0.05) is 22.0 Å². The van der Waals surface area contributed by atoms with Crippen LogP contribution in [-0.4, -0.2) is 15.7 Å². The van der Waals surface area contributed by atoms with Gasteiger partial charge in [0.1, 0.15) is 12.4 Å². The molecule has 0 N–H and O–H groups in total. The fraction of sp³-hybridized carbons (Fsp3) is 0.231. The second kappa shape index (κ2) is 5.88. The van der Waals surface area contributed by atoms with E-state index in [1.165, 1.54) is 16.8 Å². The first kappa shape index (κ1) is 13.6. The van der Waals surface area contributed by atoms with Gasteiger partial charge >= 0.3 is 5.69 Å². The van der Waals surface area contributed by atoms with Crippen LogP contribution in [0.1, 0.15) is 0 Å². The van der Waals surface area contributed by atoms with E-state index >= 15 is 0 Å². The van der Waals surface area contributed by atoms with Crippen molar-refractivity contribution in [2.24, 2.45) is 7.05 Å². The summed E-state index contributed by atoms with van der Waals surface area (Å²) >= 11 is 3.34. The van der Waals surface area contributed by atoms with Gasteiger partial charge in [0.2, 0.25) is 0 Å². The number of hydrogen-bond donors (Lipinski definition) is 0. The summed E-state index contributed by atoms with van der Waals surface area (Å²) in [5.74, 6) is 0.690. The predicted molar refractivity (Wildman–Crippen MR) is 75.6 cm³/mol. The zero-order chi connectivity index (χ0) is 13.8. The smallest absolute Gasteiger partial charge is 0.330 e. The maximum Gasteiger partial charge on any atom is 0.330 e. The Morgan fingerprint density at radius 1 is 1.26 bits per heavy atom. The predicted octanol–water partition coefficient (Wildman–Crippen LogP) is 1.39. The zero-order valence-corrected chi connectivity index (χ0v) is 12.0. The highest BCUT2D eigenvalue weighted by Crippen LogP contribution is 2.17. The van der Waals surface area contributed by atoms with Crippen LogP contribution in [-0.2, 0) is 13.6 Å². The summed E-state index contributed by atoms with van der Waals surface area (Å²) < 4.78 is 8.93. The van der Waals surface area contributed by atoms with Gasteiger partial charge in [-0.3, -0.25) is 9.36 Å². The van der Waals surface area contributed by atoms with Crippen LogP contribution in [0.3, 0.4) is 0 Å². The molecule has 2 aromatic rings. The number of ether oxygens (including phenoxy) is 1. The van der Waals surface area contributed by atoms with Crippen LogP contribution >= 0.6 is 15.9 Å². The summed E-state index contributed by atoms with van der Waals surface area (Å²) in [5, 5.41) is 0. The van der Waals surface area contributed by atoms with E-state index in [0.29, 0.717) is 5.75 Å². The molecule has 0 aliphatic rings. The minimum atomic E-state index is -0.342. The van der Waals surface area contributed by atoms with Crippen molar-refractivity contribution < 1.29 is 4.74 Å². The molecule has 0 radical (unpaired) electrons. The molecule has 0 bridgehead atoms. The SMILES string of the molecule is Cn1ccc(=O)n(CCOc2cccc(Br)c2)c1=O. The zero-order valence-electron chi connectivity index (χ0n) is 10.4. The molecule has 0 aliphatic carbocycles. The van der Waals surface area contributed by atoms with Gasteiger partial charge in [0.15, 0.2) is 0 Å². The van der Waals surface area contributed by atoms with Crippen LogP contribution in [0.25, 0.3) is 0 Å². The van der Waals surface area contributed by atoms with Gasteiger partial charge in [0.05, 0.1) is 6.54 Å². The van der Waals surface area contributed by atoms with Crippen LogP contribution in [0, 0.1) is 0 Å². The summed E-state index contributed by atoms with van der Waals surface area (Å²) in [6.07, 6.45) is 1.45. The Hall–Kier alpha value is -1.82. The van der Waals surface area contributed by atoms with Crippen molar-refractivity contribution in [1.82, 2.24) is 9.13 Å². The Balaban J connectivity index is 2.06.